The minimum atomic E-state index is -0.820. The Hall–Kier alpha value is -2.05. The highest BCUT2D eigenvalue weighted by atomic mass is 16.6. The normalized spacial score (nSPS) is 11.7. The van der Waals surface area contributed by atoms with Gasteiger partial charge in [-0.3, -0.25) is 0 Å². The molecule has 0 aliphatic heterocycles. The highest BCUT2D eigenvalue weighted by Gasteiger charge is 2.33. The van der Waals surface area contributed by atoms with Crippen LogP contribution in [0.1, 0.15) is 41.5 Å². The molecule has 0 unspecified atom stereocenters. The average Bonchev–Trinajstić information content (AvgIpc) is 2.23. The summed E-state index contributed by atoms with van der Waals surface area (Å²) in [4.78, 5) is 29.7. The molecule has 0 fully saturated rings. The molecule has 0 saturated carbocycles. The minimum Gasteiger partial charge on any atom is -0.443 e. The fourth-order valence-electron chi connectivity index (χ4n) is 1.53. The summed E-state index contributed by atoms with van der Waals surface area (Å²) in [5.74, 6) is 0.170. The zero-order chi connectivity index (χ0) is 17.1. The highest BCUT2D eigenvalue weighted by Crippen LogP contribution is 2.19. The lowest BCUT2D eigenvalue weighted by atomic mass is 10.0. The molecule has 7 heteroatoms. The molecule has 0 bridgehead atoms. The molecular formula is C15H23BN2O4. The number of carbonyl (C=O) groups excluding carboxylic acids is 2. The van der Waals surface area contributed by atoms with Gasteiger partial charge in [0.1, 0.15) is 17.0 Å². The van der Waals surface area contributed by atoms with Crippen LogP contribution in [0, 0.1) is 0 Å². The number of amides is 2. The Balaban J connectivity index is 3.15. The van der Waals surface area contributed by atoms with Gasteiger partial charge in [0.2, 0.25) is 0 Å². The van der Waals surface area contributed by atoms with Crippen molar-refractivity contribution in [3.05, 3.63) is 18.2 Å². The number of pyridine rings is 1. The Kier molecular flexibility index (Phi) is 5.22. The van der Waals surface area contributed by atoms with E-state index >= 15 is 0 Å². The Morgan fingerprint density at radius 3 is 1.82 bits per heavy atom. The molecule has 0 N–H and O–H groups in total. The van der Waals surface area contributed by atoms with Crippen molar-refractivity contribution in [3.63, 3.8) is 0 Å². The standard InChI is InChI=1S/C15H23BN2O4/c1-14(2,3)21-12(19)18(13(20)22-15(4,5)6)11-9-7-8-10(16)17-11/h7-9H,16H2,1-6H3. The molecule has 0 saturated heterocycles. The molecule has 120 valence electrons. The van der Waals surface area contributed by atoms with Gasteiger partial charge in [-0.25, -0.2) is 14.6 Å². The summed E-state index contributed by atoms with van der Waals surface area (Å²) < 4.78 is 10.6. The van der Waals surface area contributed by atoms with Gasteiger partial charge in [-0.2, -0.15) is 4.90 Å². The van der Waals surface area contributed by atoms with Crippen LogP contribution in [0.25, 0.3) is 0 Å². The number of aromatic nitrogens is 1. The quantitative estimate of drug-likeness (QED) is 0.742. The Morgan fingerprint density at radius 1 is 1.00 bits per heavy atom. The maximum atomic E-state index is 12.4. The zero-order valence-corrected chi connectivity index (χ0v) is 14.3. The fourth-order valence-corrected chi connectivity index (χ4v) is 1.53. The maximum absolute atomic E-state index is 12.4. The first-order valence-electron chi connectivity index (χ1n) is 7.09. The second-order valence-electron chi connectivity index (χ2n) is 6.93. The topological polar surface area (TPSA) is 68.7 Å². The highest BCUT2D eigenvalue weighted by molar-refractivity contribution is 6.30. The number of ether oxygens (including phenoxy) is 2. The van der Waals surface area contributed by atoms with Gasteiger partial charge in [0.25, 0.3) is 0 Å². The van der Waals surface area contributed by atoms with Crippen LogP contribution >= 0.6 is 0 Å². The SMILES string of the molecule is Bc1cccc(N(C(=O)OC(C)(C)C)C(=O)OC(C)(C)C)n1. The number of hydrogen-bond acceptors (Lipinski definition) is 5. The Bertz CT molecular complexity index is 533. The molecule has 0 spiro atoms. The van der Waals surface area contributed by atoms with Crippen LogP contribution in [0.4, 0.5) is 15.4 Å². The van der Waals surface area contributed by atoms with Gasteiger partial charge in [0, 0.05) is 0 Å². The molecule has 1 aromatic rings. The van der Waals surface area contributed by atoms with Crippen molar-refractivity contribution in [3.8, 4) is 0 Å². The predicted octanol–water partition coefficient (Wildman–Crippen LogP) is 2.02. The molecule has 0 aliphatic carbocycles. The first kappa shape index (κ1) is 18.0. The smallest absolute Gasteiger partial charge is 0.425 e. The van der Waals surface area contributed by atoms with E-state index in [2.05, 4.69) is 4.98 Å². The van der Waals surface area contributed by atoms with E-state index in [-0.39, 0.29) is 5.82 Å². The molecule has 0 aromatic carbocycles. The lowest BCUT2D eigenvalue weighted by Gasteiger charge is -2.28. The van der Waals surface area contributed by atoms with Crippen molar-refractivity contribution in [1.29, 1.82) is 0 Å². The van der Waals surface area contributed by atoms with E-state index in [9.17, 15) is 9.59 Å². The number of anilines is 1. The van der Waals surface area contributed by atoms with Crippen LogP contribution in [-0.4, -0.2) is 36.2 Å². The summed E-state index contributed by atoms with van der Waals surface area (Å²) in [5.41, 5.74) is -0.794. The van der Waals surface area contributed by atoms with E-state index in [0.29, 0.717) is 5.59 Å². The van der Waals surface area contributed by atoms with Gasteiger partial charge >= 0.3 is 12.2 Å². The Labute approximate surface area is 132 Å². The summed E-state index contributed by atoms with van der Waals surface area (Å²) >= 11 is 0. The van der Waals surface area contributed by atoms with Crippen LogP contribution in [0.15, 0.2) is 18.2 Å². The first-order valence-corrected chi connectivity index (χ1v) is 7.09. The van der Waals surface area contributed by atoms with E-state index in [0.717, 1.165) is 4.90 Å². The van der Waals surface area contributed by atoms with Gasteiger partial charge in [-0.1, -0.05) is 12.1 Å². The van der Waals surface area contributed by atoms with Gasteiger partial charge in [-0.15, -0.1) is 0 Å². The van der Waals surface area contributed by atoms with Crippen molar-refractivity contribution in [2.45, 2.75) is 52.7 Å². The molecule has 0 aliphatic rings. The lowest BCUT2D eigenvalue weighted by Crippen LogP contribution is -2.44. The third-order valence-electron chi connectivity index (χ3n) is 2.25. The summed E-state index contributed by atoms with van der Waals surface area (Å²) in [6.45, 7) is 10.3. The molecular weight excluding hydrogens is 283 g/mol. The molecule has 1 heterocycles. The van der Waals surface area contributed by atoms with E-state index in [1.54, 1.807) is 67.6 Å². The van der Waals surface area contributed by atoms with E-state index in [1.807, 2.05) is 0 Å². The molecule has 0 atom stereocenters. The largest absolute Gasteiger partial charge is 0.443 e. The molecule has 0 radical (unpaired) electrons. The maximum Gasteiger partial charge on any atom is 0.425 e. The molecule has 1 aromatic heterocycles. The van der Waals surface area contributed by atoms with Crippen molar-refractivity contribution in [2.75, 3.05) is 4.90 Å². The number of rotatable bonds is 1. The summed E-state index contributed by atoms with van der Waals surface area (Å²) in [5, 5.41) is 0. The van der Waals surface area contributed by atoms with Crippen molar-refractivity contribution >= 4 is 31.4 Å². The fraction of sp³-hybridized carbons (Fsp3) is 0.533. The number of carbonyl (C=O) groups is 2. The van der Waals surface area contributed by atoms with Crippen LogP contribution < -0.4 is 10.5 Å². The van der Waals surface area contributed by atoms with E-state index in [4.69, 9.17) is 9.47 Å². The lowest BCUT2D eigenvalue weighted by molar-refractivity contribution is 0.0429. The van der Waals surface area contributed by atoms with Crippen molar-refractivity contribution < 1.29 is 19.1 Å². The third kappa shape index (κ3) is 5.75. The first-order chi connectivity index (χ1) is 9.89. The number of nitrogens with zero attached hydrogens (tertiary/aromatic N) is 2. The average molecular weight is 306 g/mol. The van der Waals surface area contributed by atoms with E-state index < -0.39 is 23.4 Å². The van der Waals surface area contributed by atoms with Crippen LogP contribution in [0.3, 0.4) is 0 Å². The van der Waals surface area contributed by atoms with Crippen LogP contribution in [-0.2, 0) is 9.47 Å². The Morgan fingerprint density at radius 2 is 1.45 bits per heavy atom. The zero-order valence-electron chi connectivity index (χ0n) is 14.3. The summed E-state index contributed by atoms with van der Waals surface area (Å²) in [6, 6.07) is 5.03. The number of imide groups is 1. The molecule has 1 rings (SSSR count). The van der Waals surface area contributed by atoms with E-state index in [1.165, 1.54) is 0 Å². The minimum absolute atomic E-state index is 0.170. The van der Waals surface area contributed by atoms with Gasteiger partial charge in [0.15, 0.2) is 7.85 Å². The van der Waals surface area contributed by atoms with Crippen LogP contribution in [0.5, 0.6) is 0 Å². The van der Waals surface area contributed by atoms with Crippen LogP contribution in [0.2, 0.25) is 0 Å². The van der Waals surface area contributed by atoms with Crippen molar-refractivity contribution in [2.24, 2.45) is 0 Å². The predicted molar refractivity (Wildman–Crippen MR) is 87.4 cm³/mol. The number of hydrogen-bond donors (Lipinski definition) is 0. The molecule has 22 heavy (non-hydrogen) atoms. The van der Waals surface area contributed by atoms with Crippen molar-refractivity contribution in [1.82, 2.24) is 4.98 Å². The molecule has 6 nitrogen and oxygen atoms in total. The third-order valence-corrected chi connectivity index (χ3v) is 2.25. The summed E-state index contributed by atoms with van der Waals surface area (Å²) in [7, 11) is 1.77. The second kappa shape index (κ2) is 6.38. The monoisotopic (exact) mass is 306 g/mol. The molecule has 2 amide bonds. The second-order valence-corrected chi connectivity index (χ2v) is 6.93. The van der Waals surface area contributed by atoms with Gasteiger partial charge < -0.3 is 9.47 Å². The van der Waals surface area contributed by atoms with Gasteiger partial charge in [-0.05, 0) is 53.2 Å². The van der Waals surface area contributed by atoms with Gasteiger partial charge in [0.05, 0.1) is 0 Å². The summed E-state index contributed by atoms with van der Waals surface area (Å²) in [6.07, 6.45) is -1.64.